The topological polar surface area (TPSA) is 52.6 Å². The molecule has 4 saturated carbocycles. The molecule has 4 nitrogen and oxygen atoms in total. The van der Waals surface area contributed by atoms with Gasteiger partial charge < -0.3 is 9.47 Å². The lowest BCUT2D eigenvalue weighted by Gasteiger charge is -2.60. The van der Waals surface area contributed by atoms with Gasteiger partial charge in [0.05, 0.1) is 11.8 Å². The second-order valence-electron chi connectivity index (χ2n) is 11.1. The molecule has 27 heavy (non-hydrogen) atoms. The number of carbonyl (C=O) groups is 2. The Hall–Kier alpha value is -1.06. The minimum atomic E-state index is -0.460. The Morgan fingerprint density at radius 2 is 1.41 bits per heavy atom. The molecule has 2 unspecified atom stereocenters. The number of esters is 2. The Kier molecular flexibility index (Phi) is 5.18. The van der Waals surface area contributed by atoms with Crippen molar-refractivity contribution >= 4 is 11.9 Å². The van der Waals surface area contributed by atoms with Crippen LogP contribution in [0, 0.1) is 22.7 Å². The fourth-order valence-electron chi connectivity index (χ4n) is 5.61. The van der Waals surface area contributed by atoms with E-state index in [1.807, 2.05) is 20.8 Å². The van der Waals surface area contributed by atoms with Crippen molar-refractivity contribution in [1.82, 2.24) is 0 Å². The smallest absolute Gasteiger partial charge is 0.312 e. The molecular weight excluding hydrogens is 340 g/mol. The lowest BCUT2D eigenvalue weighted by Crippen LogP contribution is -2.62. The monoisotopic (exact) mass is 378 g/mol. The third-order valence-electron chi connectivity index (χ3n) is 7.61. The molecule has 4 rings (SSSR count). The van der Waals surface area contributed by atoms with Gasteiger partial charge in [-0.15, -0.1) is 0 Å². The fraction of sp³-hybridized carbons (Fsp3) is 0.913. The summed E-state index contributed by atoms with van der Waals surface area (Å²) in [5, 5.41) is 0. The van der Waals surface area contributed by atoms with E-state index in [9.17, 15) is 9.59 Å². The summed E-state index contributed by atoms with van der Waals surface area (Å²) in [6, 6.07) is 0. The summed E-state index contributed by atoms with van der Waals surface area (Å²) >= 11 is 0. The van der Waals surface area contributed by atoms with E-state index in [2.05, 4.69) is 20.8 Å². The van der Waals surface area contributed by atoms with Crippen molar-refractivity contribution in [3.05, 3.63) is 0 Å². The number of carbonyl (C=O) groups excluding carboxylic acids is 2. The average Bonchev–Trinajstić information content (AvgIpc) is 2.51. The number of ether oxygens (including phenoxy) is 2. The molecule has 0 aliphatic heterocycles. The maximum Gasteiger partial charge on any atom is 0.312 e. The van der Waals surface area contributed by atoms with Gasteiger partial charge in [-0.2, -0.15) is 0 Å². The van der Waals surface area contributed by atoms with Gasteiger partial charge in [-0.05, 0) is 69.6 Å². The van der Waals surface area contributed by atoms with Crippen LogP contribution in [0.3, 0.4) is 0 Å². The highest BCUT2D eigenvalue weighted by Gasteiger charge is 2.62. The molecule has 4 heteroatoms. The largest absolute Gasteiger partial charge is 0.459 e. The molecule has 0 spiro atoms. The molecule has 4 fully saturated rings. The zero-order valence-corrected chi connectivity index (χ0v) is 18.2. The third-order valence-corrected chi connectivity index (χ3v) is 7.61. The number of rotatable bonds is 7. The Morgan fingerprint density at radius 3 is 1.89 bits per heavy atom. The van der Waals surface area contributed by atoms with Crippen molar-refractivity contribution in [3.8, 4) is 0 Å². The second kappa shape index (κ2) is 6.77. The van der Waals surface area contributed by atoms with E-state index >= 15 is 0 Å². The molecule has 0 aromatic heterocycles. The quantitative estimate of drug-likeness (QED) is 0.555. The van der Waals surface area contributed by atoms with Crippen LogP contribution in [-0.2, 0) is 19.1 Å². The summed E-state index contributed by atoms with van der Waals surface area (Å²) in [4.78, 5) is 25.5. The van der Waals surface area contributed by atoms with E-state index in [-0.39, 0.29) is 17.4 Å². The number of hydrogen-bond acceptors (Lipinski definition) is 4. The predicted octanol–water partition coefficient (Wildman–Crippen LogP) is 5.43. The molecule has 0 amide bonds. The first-order valence-electron chi connectivity index (χ1n) is 10.9. The molecule has 0 aromatic carbocycles. The van der Waals surface area contributed by atoms with Gasteiger partial charge in [0.25, 0.3) is 0 Å². The van der Waals surface area contributed by atoms with E-state index in [4.69, 9.17) is 9.47 Å². The summed E-state index contributed by atoms with van der Waals surface area (Å²) in [6.45, 7) is 12.3. The van der Waals surface area contributed by atoms with Gasteiger partial charge in [-0.25, -0.2) is 0 Å². The minimum absolute atomic E-state index is 0.0331. The van der Waals surface area contributed by atoms with E-state index in [1.165, 1.54) is 6.42 Å². The van der Waals surface area contributed by atoms with Crippen LogP contribution in [0.4, 0.5) is 0 Å². The SMILES string of the molecule is CCC(C)(C)CC(=O)OC12CC3CC(C1)CC(OC(=O)C(C)(C)CC)(C3)C2. The van der Waals surface area contributed by atoms with Crippen molar-refractivity contribution < 1.29 is 19.1 Å². The first-order chi connectivity index (χ1) is 12.4. The standard InChI is InChI=1S/C23H38O4/c1-7-20(3,4)14-18(24)26-22-10-16-9-17(11-22)13-23(12-16,15-22)27-19(25)21(5,6)8-2/h16-17H,7-15H2,1-6H3. The molecule has 4 aliphatic rings. The Bertz CT molecular complexity index is 589. The molecule has 4 bridgehead atoms. The lowest BCUT2D eigenvalue weighted by atomic mass is 9.52. The molecule has 0 saturated heterocycles. The molecule has 2 atom stereocenters. The molecule has 4 aliphatic carbocycles. The Balaban J connectivity index is 1.75. The van der Waals surface area contributed by atoms with Crippen molar-refractivity contribution in [3.63, 3.8) is 0 Å². The summed E-state index contributed by atoms with van der Waals surface area (Å²) < 4.78 is 12.4. The molecule has 0 radical (unpaired) electrons. The Labute approximate surface area is 164 Å². The predicted molar refractivity (Wildman–Crippen MR) is 105 cm³/mol. The van der Waals surface area contributed by atoms with Crippen LogP contribution in [0.1, 0.15) is 99.3 Å². The summed E-state index contributed by atoms with van der Waals surface area (Å²) in [7, 11) is 0. The molecule has 154 valence electrons. The van der Waals surface area contributed by atoms with Crippen LogP contribution in [0.2, 0.25) is 0 Å². The van der Waals surface area contributed by atoms with Gasteiger partial charge in [0.15, 0.2) is 0 Å². The van der Waals surface area contributed by atoms with Gasteiger partial charge in [-0.1, -0.05) is 34.1 Å². The first kappa shape index (κ1) is 20.7. The van der Waals surface area contributed by atoms with Gasteiger partial charge in [0.2, 0.25) is 0 Å². The highest BCUT2D eigenvalue weighted by molar-refractivity contribution is 5.76. The van der Waals surface area contributed by atoms with Crippen LogP contribution < -0.4 is 0 Å². The number of hydrogen-bond donors (Lipinski definition) is 0. The van der Waals surface area contributed by atoms with Crippen molar-refractivity contribution in [2.24, 2.45) is 22.7 Å². The van der Waals surface area contributed by atoms with Gasteiger partial charge >= 0.3 is 11.9 Å². The van der Waals surface area contributed by atoms with Gasteiger partial charge in [-0.3, -0.25) is 9.59 Å². The Morgan fingerprint density at radius 1 is 0.889 bits per heavy atom. The van der Waals surface area contributed by atoms with Crippen LogP contribution >= 0.6 is 0 Å². The summed E-state index contributed by atoms with van der Waals surface area (Å²) in [5.74, 6) is 0.839. The van der Waals surface area contributed by atoms with Gasteiger partial charge in [0, 0.05) is 6.42 Å². The third kappa shape index (κ3) is 4.19. The zero-order valence-electron chi connectivity index (χ0n) is 18.2. The van der Waals surface area contributed by atoms with Crippen molar-refractivity contribution in [2.75, 3.05) is 0 Å². The average molecular weight is 379 g/mol. The van der Waals surface area contributed by atoms with Crippen LogP contribution in [0.5, 0.6) is 0 Å². The fourth-order valence-corrected chi connectivity index (χ4v) is 5.61. The first-order valence-corrected chi connectivity index (χ1v) is 10.9. The van der Waals surface area contributed by atoms with Crippen molar-refractivity contribution in [2.45, 2.75) is 111 Å². The summed E-state index contributed by atoms with van der Waals surface area (Å²) in [6.07, 6.45) is 7.82. The molecule has 0 heterocycles. The van der Waals surface area contributed by atoms with E-state index in [0.717, 1.165) is 38.5 Å². The van der Waals surface area contributed by atoms with Crippen LogP contribution in [0.25, 0.3) is 0 Å². The highest BCUT2D eigenvalue weighted by Crippen LogP contribution is 2.60. The minimum Gasteiger partial charge on any atom is -0.459 e. The van der Waals surface area contributed by atoms with E-state index in [0.29, 0.717) is 24.7 Å². The molecule has 0 aromatic rings. The maximum atomic E-state index is 12.8. The maximum absolute atomic E-state index is 12.8. The molecular formula is C23H38O4. The highest BCUT2D eigenvalue weighted by atomic mass is 16.6. The van der Waals surface area contributed by atoms with Crippen LogP contribution in [-0.4, -0.2) is 23.1 Å². The van der Waals surface area contributed by atoms with E-state index < -0.39 is 16.6 Å². The van der Waals surface area contributed by atoms with E-state index in [1.54, 1.807) is 0 Å². The summed E-state index contributed by atoms with van der Waals surface area (Å²) in [5.41, 5.74) is -1.33. The second-order valence-corrected chi connectivity index (χ2v) is 11.1. The van der Waals surface area contributed by atoms with Gasteiger partial charge in [0.1, 0.15) is 11.2 Å². The van der Waals surface area contributed by atoms with Crippen molar-refractivity contribution in [1.29, 1.82) is 0 Å². The van der Waals surface area contributed by atoms with Crippen LogP contribution in [0.15, 0.2) is 0 Å². The zero-order chi connectivity index (χ0) is 20.1. The molecule has 0 N–H and O–H groups in total. The lowest BCUT2D eigenvalue weighted by molar-refractivity contribution is -0.236. The normalized spacial score (nSPS) is 35.2.